The van der Waals surface area contributed by atoms with Crippen LogP contribution in [0.25, 0.3) is 0 Å². The van der Waals surface area contributed by atoms with Crippen LogP contribution in [0.15, 0.2) is 30.3 Å². The van der Waals surface area contributed by atoms with E-state index >= 15 is 0 Å². The van der Waals surface area contributed by atoms with Gasteiger partial charge in [-0.1, -0.05) is 30.3 Å². The van der Waals surface area contributed by atoms with E-state index < -0.39 is 24.0 Å². The summed E-state index contributed by atoms with van der Waals surface area (Å²) in [6.45, 7) is 0. The molecule has 0 aliphatic rings. The van der Waals surface area contributed by atoms with Crippen LogP contribution >= 0.6 is 0 Å². The van der Waals surface area contributed by atoms with Crippen molar-refractivity contribution in [3.63, 3.8) is 0 Å². The number of hydrogen-bond donors (Lipinski definition) is 2. The van der Waals surface area contributed by atoms with Gasteiger partial charge in [0.05, 0.1) is 6.07 Å². The van der Waals surface area contributed by atoms with E-state index in [0.29, 0.717) is 5.56 Å². The molecule has 0 aliphatic heterocycles. The zero-order valence-corrected chi connectivity index (χ0v) is 11.2. The van der Waals surface area contributed by atoms with Gasteiger partial charge in [-0.25, -0.2) is 0 Å². The van der Waals surface area contributed by atoms with E-state index in [1.165, 1.54) is 7.11 Å². The van der Waals surface area contributed by atoms with E-state index in [2.05, 4.69) is 5.32 Å². The van der Waals surface area contributed by atoms with E-state index in [1.807, 2.05) is 12.1 Å². The SMILES string of the molecule is CO[C@@H](C(=O)N[C@@H](CCC#N)C(N)=O)c1ccccc1. The Morgan fingerprint density at radius 2 is 2.05 bits per heavy atom. The first-order valence-corrected chi connectivity index (χ1v) is 6.14. The van der Waals surface area contributed by atoms with Crippen molar-refractivity contribution in [1.29, 1.82) is 5.26 Å². The molecule has 1 rings (SSSR count). The molecule has 0 saturated heterocycles. The molecule has 0 aromatic heterocycles. The number of benzene rings is 1. The van der Waals surface area contributed by atoms with Crippen molar-refractivity contribution in [1.82, 2.24) is 5.32 Å². The van der Waals surface area contributed by atoms with Gasteiger partial charge in [0.2, 0.25) is 5.91 Å². The Hall–Kier alpha value is -2.39. The fraction of sp³-hybridized carbons (Fsp3) is 0.357. The predicted molar refractivity (Wildman–Crippen MR) is 72.2 cm³/mol. The standard InChI is InChI=1S/C14H17N3O3/c1-20-12(10-6-3-2-4-7-10)14(19)17-11(13(16)18)8-5-9-15/h2-4,6-7,11-12H,5,8H2,1H3,(H2,16,18)(H,17,19)/t11-,12+/m0/s1. The van der Waals surface area contributed by atoms with E-state index in [-0.39, 0.29) is 12.8 Å². The van der Waals surface area contributed by atoms with Crippen molar-refractivity contribution >= 4 is 11.8 Å². The quantitative estimate of drug-likeness (QED) is 0.762. The molecule has 1 aromatic rings. The molecule has 1 aromatic carbocycles. The second-order valence-corrected chi connectivity index (χ2v) is 4.19. The molecule has 0 bridgehead atoms. The van der Waals surface area contributed by atoms with Crippen molar-refractivity contribution < 1.29 is 14.3 Å². The van der Waals surface area contributed by atoms with Crippen LogP contribution in [0.5, 0.6) is 0 Å². The van der Waals surface area contributed by atoms with Crippen molar-refractivity contribution in [2.24, 2.45) is 5.73 Å². The van der Waals surface area contributed by atoms with Gasteiger partial charge in [-0.2, -0.15) is 5.26 Å². The van der Waals surface area contributed by atoms with Gasteiger partial charge in [0, 0.05) is 13.5 Å². The third kappa shape index (κ3) is 4.37. The number of nitrogens with two attached hydrogens (primary N) is 1. The Morgan fingerprint density at radius 1 is 1.40 bits per heavy atom. The highest BCUT2D eigenvalue weighted by atomic mass is 16.5. The number of nitriles is 1. The van der Waals surface area contributed by atoms with Crippen LogP contribution in [0, 0.1) is 11.3 Å². The average Bonchev–Trinajstić information content (AvgIpc) is 2.45. The molecule has 6 nitrogen and oxygen atoms in total. The highest BCUT2D eigenvalue weighted by Gasteiger charge is 2.24. The number of nitrogens with one attached hydrogen (secondary N) is 1. The second-order valence-electron chi connectivity index (χ2n) is 4.19. The molecular formula is C14H17N3O3. The molecule has 0 saturated carbocycles. The molecule has 106 valence electrons. The Balaban J connectivity index is 2.76. The van der Waals surface area contributed by atoms with E-state index in [1.54, 1.807) is 24.3 Å². The van der Waals surface area contributed by atoms with Crippen LogP contribution < -0.4 is 11.1 Å². The Morgan fingerprint density at radius 3 is 2.55 bits per heavy atom. The van der Waals surface area contributed by atoms with Gasteiger partial charge in [0.25, 0.3) is 5.91 Å². The van der Waals surface area contributed by atoms with Gasteiger partial charge >= 0.3 is 0 Å². The molecule has 0 heterocycles. The van der Waals surface area contributed by atoms with Crippen LogP contribution in [-0.4, -0.2) is 25.0 Å². The smallest absolute Gasteiger partial charge is 0.254 e. The number of amides is 2. The molecule has 20 heavy (non-hydrogen) atoms. The maximum atomic E-state index is 12.1. The summed E-state index contributed by atoms with van der Waals surface area (Å²) in [5.74, 6) is -1.13. The summed E-state index contributed by atoms with van der Waals surface area (Å²) in [6, 6.07) is 9.95. The van der Waals surface area contributed by atoms with Gasteiger partial charge in [0.15, 0.2) is 6.10 Å². The second kappa shape index (κ2) is 7.92. The first-order valence-electron chi connectivity index (χ1n) is 6.14. The van der Waals surface area contributed by atoms with E-state index in [0.717, 1.165) is 0 Å². The monoisotopic (exact) mass is 275 g/mol. The molecule has 2 amide bonds. The maximum Gasteiger partial charge on any atom is 0.254 e. The molecule has 6 heteroatoms. The van der Waals surface area contributed by atoms with Crippen LogP contribution in [0.2, 0.25) is 0 Å². The molecule has 0 unspecified atom stereocenters. The van der Waals surface area contributed by atoms with Crippen molar-refractivity contribution in [2.45, 2.75) is 25.0 Å². The van der Waals surface area contributed by atoms with Gasteiger partial charge in [-0.05, 0) is 12.0 Å². The zero-order chi connectivity index (χ0) is 15.0. The number of nitrogens with zero attached hydrogens (tertiary/aromatic N) is 1. The topological polar surface area (TPSA) is 105 Å². The number of primary amides is 1. The lowest BCUT2D eigenvalue weighted by atomic mass is 10.1. The van der Waals surface area contributed by atoms with Crippen LogP contribution in [0.3, 0.4) is 0 Å². The summed E-state index contributed by atoms with van der Waals surface area (Å²) in [7, 11) is 1.41. The van der Waals surface area contributed by atoms with Crippen molar-refractivity contribution in [2.75, 3.05) is 7.11 Å². The average molecular weight is 275 g/mol. The largest absolute Gasteiger partial charge is 0.368 e. The zero-order valence-electron chi connectivity index (χ0n) is 11.2. The van der Waals surface area contributed by atoms with E-state index in [4.69, 9.17) is 15.7 Å². The lowest BCUT2D eigenvalue weighted by Crippen LogP contribution is -2.46. The molecule has 0 radical (unpaired) electrons. The van der Waals surface area contributed by atoms with Crippen LogP contribution in [0.4, 0.5) is 0 Å². The lowest BCUT2D eigenvalue weighted by Gasteiger charge is -2.19. The van der Waals surface area contributed by atoms with Crippen molar-refractivity contribution in [3.05, 3.63) is 35.9 Å². The number of carbonyl (C=O) groups is 2. The first-order chi connectivity index (χ1) is 9.60. The van der Waals surface area contributed by atoms with Crippen LogP contribution in [0.1, 0.15) is 24.5 Å². The molecule has 0 fully saturated rings. The van der Waals surface area contributed by atoms with Crippen LogP contribution in [-0.2, 0) is 14.3 Å². The number of hydrogen-bond acceptors (Lipinski definition) is 4. The van der Waals surface area contributed by atoms with E-state index in [9.17, 15) is 9.59 Å². The summed E-state index contributed by atoms with van der Waals surface area (Å²) < 4.78 is 5.15. The molecule has 0 aliphatic carbocycles. The highest BCUT2D eigenvalue weighted by molar-refractivity contribution is 5.89. The summed E-state index contributed by atoms with van der Waals surface area (Å²) in [5, 5.41) is 11.0. The summed E-state index contributed by atoms with van der Waals surface area (Å²) >= 11 is 0. The fourth-order valence-electron chi connectivity index (χ4n) is 1.76. The van der Waals surface area contributed by atoms with Gasteiger partial charge in [-0.15, -0.1) is 0 Å². The molecular weight excluding hydrogens is 258 g/mol. The maximum absolute atomic E-state index is 12.1. The molecule has 2 atom stereocenters. The fourth-order valence-corrected chi connectivity index (χ4v) is 1.76. The molecule has 0 spiro atoms. The minimum absolute atomic E-state index is 0.136. The third-order valence-electron chi connectivity index (χ3n) is 2.78. The minimum atomic E-state index is -0.872. The third-order valence-corrected chi connectivity index (χ3v) is 2.78. The number of rotatable bonds is 7. The van der Waals surface area contributed by atoms with Crippen molar-refractivity contribution in [3.8, 4) is 6.07 Å². The Kier molecular flexibility index (Phi) is 6.20. The summed E-state index contributed by atoms with van der Waals surface area (Å²) in [4.78, 5) is 23.4. The summed E-state index contributed by atoms with van der Waals surface area (Å²) in [6.07, 6.45) is -0.500. The summed E-state index contributed by atoms with van der Waals surface area (Å²) in [5.41, 5.74) is 5.88. The molecule has 3 N–H and O–H groups in total. The lowest BCUT2D eigenvalue weighted by molar-refractivity contribution is -0.135. The predicted octanol–water partition coefficient (Wildman–Crippen LogP) is 0.648. The first kappa shape index (κ1) is 15.7. The van der Waals surface area contributed by atoms with Gasteiger partial charge in [0.1, 0.15) is 6.04 Å². The number of carbonyl (C=O) groups excluding carboxylic acids is 2. The number of ether oxygens (including phenoxy) is 1. The number of methoxy groups -OCH3 is 1. The van der Waals surface area contributed by atoms with Gasteiger partial charge < -0.3 is 15.8 Å². The Bertz CT molecular complexity index is 496. The minimum Gasteiger partial charge on any atom is -0.368 e. The van der Waals surface area contributed by atoms with Gasteiger partial charge in [-0.3, -0.25) is 9.59 Å². The Labute approximate surface area is 117 Å². The highest BCUT2D eigenvalue weighted by Crippen LogP contribution is 2.16. The normalized spacial score (nSPS) is 13.0.